The van der Waals surface area contributed by atoms with Gasteiger partial charge < -0.3 is 9.84 Å². The van der Waals surface area contributed by atoms with Crippen molar-refractivity contribution in [3.8, 4) is 5.75 Å². The summed E-state index contributed by atoms with van der Waals surface area (Å²) in [5.74, 6) is 0.419. The summed E-state index contributed by atoms with van der Waals surface area (Å²) >= 11 is 0. The third-order valence-electron chi connectivity index (χ3n) is 3.10. The molecule has 108 valence electrons. The van der Waals surface area contributed by atoms with Crippen molar-refractivity contribution in [2.75, 3.05) is 13.2 Å². The van der Waals surface area contributed by atoms with Crippen LogP contribution in [0.3, 0.4) is 0 Å². The Morgan fingerprint density at radius 2 is 1.32 bits per heavy atom. The Bertz CT molecular complexity index is 390. The summed E-state index contributed by atoms with van der Waals surface area (Å²) in [5.41, 5.74) is 3.65. The second-order valence-corrected chi connectivity index (χ2v) is 7.26. The standard InChI is InChI=1S/C15H24O.C2H4O/c1-10-8-9-11(16)13(15(5,6)7)12(10)14(2,3)4;1-2-3-1/h8-9,16H,1-7H3;1-2H2. The van der Waals surface area contributed by atoms with Crippen molar-refractivity contribution in [3.63, 3.8) is 0 Å². The van der Waals surface area contributed by atoms with Gasteiger partial charge in [-0.2, -0.15) is 0 Å². The van der Waals surface area contributed by atoms with Crippen molar-refractivity contribution in [2.45, 2.75) is 59.3 Å². The second kappa shape index (κ2) is 5.54. The minimum atomic E-state index is -0.0291. The highest BCUT2D eigenvalue weighted by atomic mass is 16.6. The third-order valence-corrected chi connectivity index (χ3v) is 3.10. The van der Waals surface area contributed by atoms with Gasteiger partial charge in [0.1, 0.15) is 5.75 Å². The number of hydrogen-bond donors (Lipinski definition) is 1. The largest absolute Gasteiger partial charge is 0.508 e. The number of benzene rings is 1. The fourth-order valence-corrected chi connectivity index (χ4v) is 2.42. The first-order valence-corrected chi connectivity index (χ1v) is 6.96. The molecule has 0 unspecified atom stereocenters. The minimum Gasteiger partial charge on any atom is -0.508 e. The Balaban J connectivity index is 0.000000524. The second-order valence-electron chi connectivity index (χ2n) is 7.26. The maximum absolute atomic E-state index is 10.1. The van der Waals surface area contributed by atoms with Gasteiger partial charge in [0, 0.05) is 5.56 Å². The number of ether oxygens (including phenoxy) is 1. The predicted octanol–water partition coefficient (Wildman–Crippen LogP) is 4.31. The van der Waals surface area contributed by atoms with Crippen LogP contribution in [0, 0.1) is 6.92 Å². The number of rotatable bonds is 0. The molecule has 1 aromatic carbocycles. The zero-order valence-corrected chi connectivity index (χ0v) is 13.4. The van der Waals surface area contributed by atoms with E-state index in [2.05, 4.69) is 53.2 Å². The van der Waals surface area contributed by atoms with E-state index in [1.807, 2.05) is 12.1 Å². The molecule has 0 amide bonds. The lowest BCUT2D eigenvalue weighted by Gasteiger charge is -2.32. The van der Waals surface area contributed by atoms with Gasteiger partial charge in [-0.15, -0.1) is 0 Å². The summed E-state index contributed by atoms with van der Waals surface area (Å²) in [6.07, 6.45) is 0. The molecule has 0 bridgehead atoms. The van der Waals surface area contributed by atoms with Gasteiger partial charge in [0.15, 0.2) is 0 Å². The van der Waals surface area contributed by atoms with E-state index in [-0.39, 0.29) is 10.8 Å². The number of phenols is 1. The monoisotopic (exact) mass is 264 g/mol. The lowest BCUT2D eigenvalue weighted by Crippen LogP contribution is -2.23. The number of aryl methyl sites for hydroxylation is 1. The Labute approximate surface area is 117 Å². The molecule has 0 atom stereocenters. The molecule has 19 heavy (non-hydrogen) atoms. The number of phenolic OH excluding ortho intramolecular Hbond substituents is 1. The van der Waals surface area contributed by atoms with Crippen molar-refractivity contribution in [3.05, 3.63) is 28.8 Å². The van der Waals surface area contributed by atoms with Crippen LogP contribution in [0.2, 0.25) is 0 Å². The topological polar surface area (TPSA) is 32.8 Å². The fourth-order valence-electron chi connectivity index (χ4n) is 2.42. The molecule has 2 rings (SSSR count). The first-order valence-electron chi connectivity index (χ1n) is 6.96. The van der Waals surface area contributed by atoms with Crippen LogP contribution in [0.15, 0.2) is 12.1 Å². The summed E-state index contributed by atoms with van der Waals surface area (Å²) in [6, 6.07) is 3.82. The van der Waals surface area contributed by atoms with Crippen molar-refractivity contribution in [2.24, 2.45) is 0 Å². The van der Waals surface area contributed by atoms with Gasteiger partial charge in [-0.05, 0) is 34.9 Å². The predicted molar refractivity (Wildman–Crippen MR) is 81.1 cm³/mol. The van der Waals surface area contributed by atoms with Gasteiger partial charge in [-0.3, -0.25) is 0 Å². The molecule has 1 heterocycles. The zero-order valence-electron chi connectivity index (χ0n) is 13.4. The van der Waals surface area contributed by atoms with Crippen molar-refractivity contribution < 1.29 is 9.84 Å². The summed E-state index contributed by atoms with van der Waals surface area (Å²) in [7, 11) is 0. The van der Waals surface area contributed by atoms with Crippen LogP contribution in [-0.2, 0) is 15.6 Å². The molecule has 1 fully saturated rings. The summed E-state index contributed by atoms with van der Waals surface area (Å²) in [5, 5.41) is 10.1. The van der Waals surface area contributed by atoms with Gasteiger partial charge in [0.25, 0.3) is 0 Å². The molecule has 0 aromatic heterocycles. The SMILES string of the molecule is C1CO1.Cc1ccc(O)c(C(C)(C)C)c1C(C)(C)C. The Morgan fingerprint density at radius 3 is 1.58 bits per heavy atom. The highest BCUT2D eigenvalue weighted by Gasteiger charge is 2.29. The maximum Gasteiger partial charge on any atom is 0.119 e. The van der Waals surface area contributed by atoms with Crippen molar-refractivity contribution in [1.82, 2.24) is 0 Å². The van der Waals surface area contributed by atoms with Crippen molar-refractivity contribution in [1.29, 1.82) is 0 Å². The first-order chi connectivity index (χ1) is 8.55. The van der Waals surface area contributed by atoms with Gasteiger partial charge in [0.05, 0.1) is 13.2 Å². The van der Waals surface area contributed by atoms with Crippen LogP contribution in [-0.4, -0.2) is 18.3 Å². The molecule has 1 aliphatic rings. The first kappa shape index (κ1) is 16.0. The molecule has 1 aromatic rings. The smallest absolute Gasteiger partial charge is 0.119 e. The van der Waals surface area contributed by atoms with E-state index in [4.69, 9.17) is 0 Å². The highest BCUT2D eigenvalue weighted by molar-refractivity contribution is 5.50. The number of aromatic hydroxyl groups is 1. The van der Waals surface area contributed by atoms with Crippen LogP contribution in [0.4, 0.5) is 0 Å². The maximum atomic E-state index is 10.1. The molecule has 0 saturated carbocycles. The minimum absolute atomic E-state index is 0.0291. The van der Waals surface area contributed by atoms with E-state index in [0.29, 0.717) is 5.75 Å². The molecule has 0 aliphatic carbocycles. The van der Waals surface area contributed by atoms with Crippen LogP contribution in [0.1, 0.15) is 58.2 Å². The molecule has 1 saturated heterocycles. The average Bonchev–Trinajstić information content (AvgIpc) is 3.04. The number of epoxide rings is 1. The third kappa shape index (κ3) is 4.54. The summed E-state index contributed by atoms with van der Waals surface area (Å²) < 4.78 is 4.50. The molecule has 0 spiro atoms. The van der Waals surface area contributed by atoms with Crippen LogP contribution in [0.5, 0.6) is 5.75 Å². The Kier molecular flexibility index (Phi) is 4.67. The lowest BCUT2D eigenvalue weighted by molar-refractivity contribution is 0.434. The van der Waals surface area contributed by atoms with Gasteiger partial charge >= 0.3 is 0 Å². The highest BCUT2D eigenvalue weighted by Crippen LogP contribution is 2.40. The van der Waals surface area contributed by atoms with E-state index in [1.165, 1.54) is 11.1 Å². The van der Waals surface area contributed by atoms with E-state index >= 15 is 0 Å². The Hall–Kier alpha value is -1.02. The average molecular weight is 264 g/mol. The van der Waals surface area contributed by atoms with E-state index in [9.17, 15) is 5.11 Å². The zero-order chi connectivity index (χ0) is 14.8. The molecule has 0 radical (unpaired) electrons. The molecule has 1 N–H and O–H groups in total. The summed E-state index contributed by atoms with van der Waals surface area (Å²) in [6.45, 7) is 17.2. The van der Waals surface area contributed by atoms with Crippen LogP contribution in [0.25, 0.3) is 0 Å². The molecular weight excluding hydrogens is 236 g/mol. The Morgan fingerprint density at radius 1 is 0.895 bits per heavy atom. The van der Waals surface area contributed by atoms with Gasteiger partial charge in [0.2, 0.25) is 0 Å². The van der Waals surface area contributed by atoms with Gasteiger partial charge in [-0.25, -0.2) is 0 Å². The molecular formula is C17H28O2. The van der Waals surface area contributed by atoms with E-state index in [1.54, 1.807) is 0 Å². The van der Waals surface area contributed by atoms with Gasteiger partial charge in [-0.1, -0.05) is 47.6 Å². The summed E-state index contributed by atoms with van der Waals surface area (Å²) in [4.78, 5) is 0. The number of hydrogen-bond acceptors (Lipinski definition) is 2. The quantitative estimate of drug-likeness (QED) is 0.708. The van der Waals surface area contributed by atoms with E-state index in [0.717, 1.165) is 18.8 Å². The normalized spacial score (nSPS) is 14.7. The molecule has 2 heteroatoms. The van der Waals surface area contributed by atoms with Crippen LogP contribution < -0.4 is 0 Å². The van der Waals surface area contributed by atoms with E-state index < -0.39 is 0 Å². The fraction of sp³-hybridized carbons (Fsp3) is 0.647. The molecule has 1 aliphatic heterocycles. The lowest BCUT2D eigenvalue weighted by atomic mass is 9.73. The molecule has 2 nitrogen and oxygen atoms in total. The van der Waals surface area contributed by atoms with Crippen molar-refractivity contribution >= 4 is 0 Å². The van der Waals surface area contributed by atoms with Crippen LogP contribution >= 0.6 is 0 Å².